The van der Waals surface area contributed by atoms with Crippen molar-refractivity contribution in [2.24, 2.45) is 5.92 Å². The van der Waals surface area contributed by atoms with E-state index >= 15 is 0 Å². The lowest BCUT2D eigenvalue weighted by molar-refractivity contribution is -0.130. The standard InChI is InChI=1S/C29H31FN8O2S.C23H23FN8S/c1-3-38-28(35(2)29-33-26(25(15-31)41-29)18-4-6-20(30)7-5-18)23-14-21(16-32-27(23)34-38)37-10-8-36(9-11-37)17-24(40)19-12-22(39)13-19;1-3-32-22(18-12-17(14-27-21(18)29-32)31-10-8-26-9-11-31)30(2)23-28-20(19(13-25)33-23)15-4-6-16(24)7-5-15/h4-7,14,16,19,22,39H,3,8-13,17H2,1-2H3;4-7,12,14,26H,3,8-11H2,1-2H3. The zero-order chi connectivity index (χ0) is 51.6. The number of carbonyl (C=O) groups excluding carboxylic acids is 1. The van der Waals surface area contributed by atoms with Crippen LogP contribution in [0.25, 0.3) is 44.6 Å². The number of rotatable bonds is 13. The van der Waals surface area contributed by atoms with E-state index in [-0.39, 0.29) is 29.4 Å². The second-order valence-electron chi connectivity index (χ2n) is 18.4. The van der Waals surface area contributed by atoms with Crippen LogP contribution in [0, 0.1) is 40.2 Å². The molecule has 2 aliphatic heterocycles. The number of carbonyl (C=O) groups is 1. The molecule has 2 saturated heterocycles. The molecule has 0 unspecified atom stereocenters. The van der Waals surface area contributed by atoms with Gasteiger partial charge in [-0.05, 0) is 87.4 Å². The molecule has 11 rings (SSSR count). The molecule has 8 heterocycles. The number of thiazole rings is 2. The van der Waals surface area contributed by atoms with Gasteiger partial charge in [0.2, 0.25) is 0 Å². The van der Waals surface area contributed by atoms with Crippen LogP contribution in [0.5, 0.6) is 0 Å². The molecule has 3 fully saturated rings. The van der Waals surface area contributed by atoms with Gasteiger partial charge in [0.1, 0.15) is 62.3 Å². The van der Waals surface area contributed by atoms with Crippen LogP contribution in [0.4, 0.5) is 42.1 Å². The van der Waals surface area contributed by atoms with Crippen molar-refractivity contribution in [3.63, 3.8) is 0 Å². The molecule has 22 heteroatoms. The third-order valence-corrected chi connectivity index (χ3v) is 15.8. The summed E-state index contributed by atoms with van der Waals surface area (Å²) in [6, 6.07) is 20.7. The maximum atomic E-state index is 13.5. The first-order valence-corrected chi connectivity index (χ1v) is 26.2. The molecule has 0 spiro atoms. The van der Waals surface area contributed by atoms with Crippen molar-refractivity contribution in [2.45, 2.75) is 45.9 Å². The van der Waals surface area contributed by atoms with Gasteiger partial charge in [-0.2, -0.15) is 20.7 Å². The van der Waals surface area contributed by atoms with E-state index in [2.05, 4.69) is 59.4 Å². The van der Waals surface area contributed by atoms with Gasteiger partial charge in [-0.15, -0.1) is 0 Å². The number of piperazine rings is 2. The first kappa shape index (κ1) is 50.1. The highest BCUT2D eigenvalue weighted by Gasteiger charge is 2.34. The molecule has 0 amide bonds. The molecule has 74 heavy (non-hydrogen) atoms. The number of anilines is 6. The average molecular weight is 1040 g/mol. The van der Waals surface area contributed by atoms with Gasteiger partial charge >= 0.3 is 0 Å². The van der Waals surface area contributed by atoms with E-state index in [1.807, 2.05) is 59.5 Å². The average Bonchev–Trinajstić information content (AvgIpc) is 4.23. The number of nitriles is 2. The van der Waals surface area contributed by atoms with Gasteiger partial charge in [-0.3, -0.25) is 9.69 Å². The van der Waals surface area contributed by atoms with Gasteiger partial charge in [-0.25, -0.2) is 38.1 Å². The van der Waals surface area contributed by atoms with Crippen LogP contribution < -0.4 is 24.9 Å². The maximum Gasteiger partial charge on any atom is 0.192 e. The summed E-state index contributed by atoms with van der Waals surface area (Å²) in [6.45, 7) is 12.6. The Morgan fingerprint density at radius 2 is 1.16 bits per heavy atom. The predicted molar refractivity (Wildman–Crippen MR) is 284 cm³/mol. The lowest BCUT2D eigenvalue weighted by Crippen LogP contribution is -2.49. The quantitative estimate of drug-likeness (QED) is 0.114. The number of benzene rings is 2. The Hall–Kier alpha value is -7.47. The SMILES string of the molecule is CCn1nc2ncc(N3CCN(CC(=O)C4CC(O)C4)CC3)cc2c1N(C)c1nc(-c2ccc(F)cc2)c(C#N)s1.CCn1nc2ncc(N3CCNCC3)cc2c1N(C)c1nc(-c2ccc(F)cc2)c(C#N)s1. The molecule has 0 bridgehead atoms. The fourth-order valence-corrected chi connectivity index (χ4v) is 11.3. The number of hydrogen-bond acceptors (Lipinski definition) is 18. The smallest absolute Gasteiger partial charge is 0.192 e. The fourth-order valence-electron chi connectivity index (χ4n) is 9.61. The van der Waals surface area contributed by atoms with E-state index in [0.717, 1.165) is 86.1 Å². The normalized spacial score (nSPS) is 16.9. The molecule has 18 nitrogen and oxygen atoms in total. The van der Waals surface area contributed by atoms with Crippen molar-refractivity contribution in [1.29, 1.82) is 10.5 Å². The van der Waals surface area contributed by atoms with E-state index in [1.54, 1.807) is 24.3 Å². The molecule has 2 aromatic carbocycles. The van der Waals surface area contributed by atoms with Crippen LogP contribution in [-0.4, -0.2) is 134 Å². The van der Waals surface area contributed by atoms with Crippen LogP contribution in [0.2, 0.25) is 0 Å². The molecular weight excluding hydrogens is 983 g/mol. The van der Waals surface area contributed by atoms with Gasteiger partial charge in [-0.1, -0.05) is 22.7 Å². The number of aromatic nitrogens is 8. The van der Waals surface area contributed by atoms with E-state index < -0.39 is 0 Å². The fraction of sp³-hybridized carbons (Fsp3) is 0.365. The van der Waals surface area contributed by atoms with E-state index in [9.17, 15) is 29.2 Å². The second-order valence-corrected chi connectivity index (χ2v) is 20.4. The Morgan fingerprint density at radius 3 is 1.58 bits per heavy atom. The van der Waals surface area contributed by atoms with Crippen molar-refractivity contribution in [1.82, 2.24) is 49.7 Å². The summed E-state index contributed by atoms with van der Waals surface area (Å²) in [6.07, 6.45) is 4.61. The van der Waals surface area contributed by atoms with Gasteiger partial charge in [0.25, 0.3) is 0 Å². The van der Waals surface area contributed by atoms with Gasteiger partial charge in [0.05, 0.1) is 47.2 Å². The summed E-state index contributed by atoms with van der Waals surface area (Å²) in [4.78, 5) is 42.9. The Kier molecular flexibility index (Phi) is 14.6. The second kappa shape index (κ2) is 21.5. The molecule has 6 aromatic heterocycles. The predicted octanol–water partition coefficient (Wildman–Crippen LogP) is 7.58. The van der Waals surface area contributed by atoms with Gasteiger partial charge in [0, 0.05) is 96.6 Å². The van der Waals surface area contributed by atoms with Crippen molar-refractivity contribution in [3.05, 3.63) is 94.4 Å². The van der Waals surface area contributed by atoms with Crippen LogP contribution in [0.1, 0.15) is 36.4 Å². The van der Waals surface area contributed by atoms with Crippen LogP contribution >= 0.6 is 22.7 Å². The topological polar surface area (TPSA) is 200 Å². The molecule has 1 saturated carbocycles. The van der Waals surface area contributed by atoms with E-state index in [4.69, 9.17) is 15.1 Å². The molecule has 3 aliphatic rings. The minimum absolute atomic E-state index is 0.00833. The Balaban J connectivity index is 0.000000173. The lowest BCUT2D eigenvalue weighted by atomic mass is 9.79. The minimum atomic E-state index is -0.342. The number of nitrogens with one attached hydrogen (secondary N) is 1. The number of nitrogens with zero attached hydrogens (tertiary/aromatic N) is 15. The minimum Gasteiger partial charge on any atom is -0.393 e. The molecular formula is C52H54F2N16O2S2. The number of pyridine rings is 2. The number of aryl methyl sites for hydroxylation is 2. The monoisotopic (exact) mass is 1040 g/mol. The number of fused-ring (bicyclic) bond motifs is 2. The number of aliphatic hydroxyl groups is 1. The first-order valence-electron chi connectivity index (χ1n) is 24.6. The number of halogens is 2. The van der Waals surface area contributed by atoms with Crippen molar-refractivity contribution < 1.29 is 18.7 Å². The van der Waals surface area contributed by atoms with E-state index in [0.29, 0.717) is 86.3 Å². The summed E-state index contributed by atoms with van der Waals surface area (Å²) in [5.74, 6) is 1.28. The third-order valence-electron chi connectivity index (χ3n) is 13.8. The molecule has 380 valence electrons. The largest absolute Gasteiger partial charge is 0.393 e. The highest BCUT2D eigenvalue weighted by Crippen LogP contribution is 2.40. The molecule has 8 aromatic rings. The van der Waals surface area contributed by atoms with Crippen LogP contribution in [-0.2, 0) is 17.9 Å². The van der Waals surface area contributed by atoms with Crippen LogP contribution in [0.3, 0.4) is 0 Å². The Morgan fingerprint density at radius 1 is 0.716 bits per heavy atom. The highest BCUT2D eigenvalue weighted by molar-refractivity contribution is 7.17. The number of Topliss-reactive ketones (excluding diaryl/α,β-unsaturated/α-hetero) is 1. The summed E-state index contributed by atoms with van der Waals surface area (Å²) in [7, 11) is 3.83. The lowest BCUT2D eigenvalue weighted by Gasteiger charge is -2.37. The number of hydrogen-bond donors (Lipinski definition) is 2. The summed E-state index contributed by atoms with van der Waals surface area (Å²) in [5, 5.41) is 44.9. The van der Waals surface area contributed by atoms with Gasteiger partial charge < -0.3 is 30.0 Å². The Labute approximate surface area is 434 Å². The van der Waals surface area contributed by atoms with Crippen molar-refractivity contribution >= 4 is 83.8 Å². The molecule has 2 N–H and O–H groups in total. The van der Waals surface area contributed by atoms with E-state index in [1.165, 1.54) is 46.9 Å². The molecule has 1 aliphatic carbocycles. The number of aliphatic hydroxyl groups excluding tert-OH is 1. The summed E-state index contributed by atoms with van der Waals surface area (Å²) < 4.78 is 30.7. The zero-order valence-corrected chi connectivity index (χ0v) is 43.0. The maximum absolute atomic E-state index is 13.5. The Bertz CT molecular complexity index is 3390. The molecule has 0 atom stereocenters. The summed E-state index contributed by atoms with van der Waals surface area (Å²) in [5.41, 5.74) is 5.82. The van der Waals surface area contributed by atoms with Crippen molar-refractivity contribution in [2.75, 3.05) is 92.6 Å². The van der Waals surface area contributed by atoms with Crippen LogP contribution in [0.15, 0.2) is 73.1 Å². The third kappa shape index (κ3) is 10.1. The zero-order valence-electron chi connectivity index (χ0n) is 41.4. The first-order chi connectivity index (χ1) is 35.9. The van der Waals surface area contributed by atoms with Crippen molar-refractivity contribution in [3.8, 4) is 34.7 Å². The highest BCUT2D eigenvalue weighted by atomic mass is 32.1. The number of ketones is 1. The summed E-state index contributed by atoms with van der Waals surface area (Å²) >= 11 is 2.58. The van der Waals surface area contributed by atoms with Gasteiger partial charge in [0.15, 0.2) is 21.6 Å². The molecule has 0 radical (unpaired) electrons.